The summed E-state index contributed by atoms with van der Waals surface area (Å²) >= 11 is 0. The zero-order valence-electron chi connectivity index (χ0n) is 7.12. The first kappa shape index (κ1) is 8.97. The number of β-amino-alcohol motifs (C(OH)–C–C–N with tert-alkyl or cyclic N) is 1. The van der Waals surface area contributed by atoms with Crippen LogP contribution in [0.25, 0.3) is 0 Å². The molecular formula is C8H17NO2. The van der Waals surface area contributed by atoms with E-state index >= 15 is 0 Å². The van der Waals surface area contributed by atoms with Crippen LogP contribution in [-0.2, 0) is 4.74 Å². The van der Waals surface area contributed by atoms with Crippen LogP contribution in [0, 0.1) is 0 Å². The van der Waals surface area contributed by atoms with E-state index in [1.807, 2.05) is 0 Å². The Bertz CT molecular complexity index is 108. The molecule has 1 aliphatic rings. The van der Waals surface area contributed by atoms with Crippen LogP contribution in [0.5, 0.6) is 0 Å². The lowest BCUT2D eigenvalue weighted by Crippen LogP contribution is -2.32. The van der Waals surface area contributed by atoms with Crippen molar-refractivity contribution in [3.63, 3.8) is 0 Å². The molecule has 66 valence electrons. The molecule has 1 saturated heterocycles. The normalized spacial score (nSPS) is 28.4. The minimum Gasteiger partial charge on any atom is -0.395 e. The smallest absolute Gasteiger partial charge is 0.0673 e. The second-order valence-electron chi connectivity index (χ2n) is 3.06. The van der Waals surface area contributed by atoms with Gasteiger partial charge in [-0.1, -0.05) is 0 Å². The number of rotatable bonds is 2. The van der Waals surface area contributed by atoms with Gasteiger partial charge in [-0.05, 0) is 13.3 Å². The van der Waals surface area contributed by atoms with E-state index in [-0.39, 0.29) is 6.61 Å². The second-order valence-corrected chi connectivity index (χ2v) is 3.06. The van der Waals surface area contributed by atoms with Crippen LogP contribution < -0.4 is 0 Å². The van der Waals surface area contributed by atoms with Crippen molar-refractivity contribution in [2.24, 2.45) is 0 Å². The summed E-state index contributed by atoms with van der Waals surface area (Å²) < 4.78 is 5.46. The molecule has 1 heterocycles. The molecule has 0 spiro atoms. The molecule has 0 radical (unpaired) electrons. The summed E-state index contributed by atoms with van der Waals surface area (Å²) in [4.78, 5) is 2.25. The van der Waals surface area contributed by atoms with Crippen LogP contribution in [0.15, 0.2) is 0 Å². The summed E-state index contributed by atoms with van der Waals surface area (Å²) in [5, 5.41) is 8.71. The Hall–Kier alpha value is -0.120. The Balaban J connectivity index is 2.27. The van der Waals surface area contributed by atoms with Gasteiger partial charge in [0.25, 0.3) is 0 Å². The largest absolute Gasteiger partial charge is 0.395 e. The summed E-state index contributed by atoms with van der Waals surface area (Å²) in [5.41, 5.74) is 0. The van der Waals surface area contributed by atoms with Crippen molar-refractivity contribution in [2.75, 3.05) is 32.8 Å². The molecule has 3 heteroatoms. The maximum absolute atomic E-state index is 8.71. The van der Waals surface area contributed by atoms with Crippen LogP contribution in [0.1, 0.15) is 13.3 Å². The minimum absolute atomic E-state index is 0.257. The molecule has 0 bridgehead atoms. The fraction of sp³-hybridized carbons (Fsp3) is 1.00. The van der Waals surface area contributed by atoms with Crippen LogP contribution in [0.3, 0.4) is 0 Å². The average Bonchev–Trinajstić information content (AvgIpc) is 2.15. The first-order valence-electron chi connectivity index (χ1n) is 4.27. The van der Waals surface area contributed by atoms with Gasteiger partial charge in [0.2, 0.25) is 0 Å². The van der Waals surface area contributed by atoms with E-state index in [0.717, 1.165) is 32.7 Å². The first-order valence-corrected chi connectivity index (χ1v) is 4.27. The van der Waals surface area contributed by atoms with E-state index in [0.29, 0.717) is 6.10 Å². The number of hydrogen-bond donors (Lipinski definition) is 1. The molecule has 3 nitrogen and oxygen atoms in total. The molecule has 1 atom stereocenters. The van der Waals surface area contributed by atoms with Crippen molar-refractivity contribution < 1.29 is 9.84 Å². The van der Waals surface area contributed by atoms with Crippen molar-refractivity contribution in [3.8, 4) is 0 Å². The van der Waals surface area contributed by atoms with E-state index in [1.165, 1.54) is 0 Å². The van der Waals surface area contributed by atoms with E-state index < -0.39 is 0 Å². The molecule has 0 aromatic heterocycles. The summed E-state index contributed by atoms with van der Waals surface area (Å²) in [6.07, 6.45) is 1.41. The molecule has 11 heavy (non-hydrogen) atoms. The Kier molecular flexibility index (Phi) is 3.83. The van der Waals surface area contributed by atoms with Crippen molar-refractivity contribution >= 4 is 0 Å². The predicted octanol–water partition coefficient (Wildman–Crippen LogP) is 0.0895. The molecule has 0 amide bonds. The fourth-order valence-electron chi connectivity index (χ4n) is 1.42. The van der Waals surface area contributed by atoms with Gasteiger partial charge in [0.05, 0.1) is 12.7 Å². The molecule has 0 aliphatic carbocycles. The van der Waals surface area contributed by atoms with Gasteiger partial charge < -0.3 is 9.84 Å². The number of aliphatic hydroxyl groups excluding tert-OH is 1. The molecule has 0 aromatic rings. The highest BCUT2D eigenvalue weighted by Gasteiger charge is 2.13. The zero-order chi connectivity index (χ0) is 8.10. The highest BCUT2D eigenvalue weighted by molar-refractivity contribution is 4.65. The molecular weight excluding hydrogens is 142 g/mol. The topological polar surface area (TPSA) is 32.7 Å². The van der Waals surface area contributed by atoms with Gasteiger partial charge in [-0.3, -0.25) is 4.90 Å². The van der Waals surface area contributed by atoms with Gasteiger partial charge in [0.15, 0.2) is 0 Å². The summed E-state index contributed by atoms with van der Waals surface area (Å²) in [6.45, 7) is 6.00. The number of aliphatic hydroxyl groups is 1. The van der Waals surface area contributed by atoms with Gasteiger partial charge in [0, 0.05) is 26.2 Å². The Morgan fingerprint density at radius 1 is 1.64 bits per heavy atom. The molecule has 1 unspecified atom stereocenters. The van der Waals surface area contributed by atoms with Crippen molar-refractivity contribution in [2.45, 2.75) is 19.4 Å². The van der Waals surface area contributed by atoms with Gasteiger partial charge >= 0.3 is 0 Å². The summed E-state index contributed by atoms with van der Waals surface area (Å²) in [5.74, 6) is 0. The SMILES string of the molecule is CC1CN(CCO)CCCO1. The summed E-state index contributed by atoms with van der Waals surface area (Å²) in [6, 6.07) is 0. The zero-order valence-corrected chi connectivity index (χ0v) is 7.12. The lowest BCUT2D eigenvalue weighted by molar-refractivity contribution is 0.0652. The fourth-order valence-corrected chi connectivity index (χ4v) is 1.42. The predicted molar refractivity (Wildman–Crippen MR) is 43.6 cm³/mol. The lowest BCUT2D eigenvalue weighted by Gasteiger charge is -2.19. The van der Waals surface area contributed by atoms with Crippen LogP contribution in [-0.4, -0.2) is 49.0 Å². The van der Waals surface area contributed by atoms with E-state index in [1.54, 1.807) is 0 Å². The molecule has 1 fully saturated rings. The standard InChI is InChI=1S/C8H17NO2/c1-8-7-9(4-5-10)3-2-6-11-8/h8,10H,2-7H2,1H3. The third-order valence-corrected chi connectivity index (χ3v) is 1.95. The molecule has 0 aromatic carbocycles. The second kappa shape index (κ2) is 4.70. The number of ether oxygens (including phenoxy) is 1. The van der Waals surface area contributed by atoms with Gasteiger partial charge in [-0.25, -0.2) is 0 Å². The highest BCUT2D eigenvalue weighted by atomic mass is 16.5. The van der Waals surface area contributed by atoms with E-state index in [4.69, 9.17) is 9.84 Å². The Labute approximate surface area is 68.0 Å². The van der Waals surface area contributed by atoms with Gasteiger partial charge in [-0.15, -0.1) is 0 Å². The van der Waals surface area contributed by atoms with Crippen molar-refractivity contribution in [1.82, 2.24) is 4.90 Å². The number of hydrogen-bond acceptors (Lipinski definition) is 3. The van der Waals surface area contributed by atoms with Crippen LogP contribution in [0.4, 0.5) is 0 Å². The third kappa shape index (κ3) is 3.18. The monoisotopic (exact) mass is 159 g/mol. The quantitative estimate of drug-likeness (QED) is 0.620. The van der Waals surface area contributed by atoms with Crippen molar-refractivity contribution in [3.05, 3.63) is 0 Å². The average molecular weight is 159 g/mol. The van der Waals surface area contributed by atoms with E-state index in [9.17, 15) is 0 Å². The van der Waals surface area contributed by atoms with Crippen molar-refractivity contribution in [1.29, 1.82) is 0 Å². The number of nitrogens with zero attached hydrogens (tertiary/aromatic N) is 1. The highest BCUT2D eigenvalue weighted by Crippen LogP contribution is 2.03. The molecule has 0 saturated carbocycles. The van der Waals surface area contributed by atoms with Crippen LogP contribution >= 0.6 is 0 Å². The van der Waals surface area contributed by atoms with Crippen LogP contribution in [0.2, 0.25) is 0 Å². The third-order valence-electron chi connectivity index (χ3n) is 1.95. The minimum atomic E-state index is 0.257. The molecule has 1 N–H and O–H groups in total. The van der Waals surface area contributed by atoms with Gasteiger partial charge in [-0.2, -0.15) is 0 Å². The van der Waals surface area contributed by atoms with Gasteiger partial charge in [0.1, 0.15) is 0 Å². The lowest BCUT2D eigenvalue weighted by atomic mass is 10.3. The Morgan fingerprint density at radius 2 is 2.45 bits per heavy atom. The first-order chi connectivity index (χ1) is 5.33. The van der Waals surface area contributed by atoms with E-state index in [2.05, 4.69) is 11.8 Å². The maximum atomic E-state index is 8.71. The molecule has 1 rings (SSSR count). The Morgan fingerprint density at radius 3 is 3.18 bits per heavy atom. The molecule has 1 aliphatic heterocycles. The maximum Gasteiger partial charge on any atom is 0.0673 e. The summed E-state index contributed by atoms with van der Waals surface area (Å²) in [7, 11) is 0.